The molecule has 0 radical (unpaired) electrons. The standard InChI is InChI=1S/C16H15Cl3N4O4/c1-25-8-5-10(27-3)9(26-2)4-7(8)6-21-23-16(24)14-11(17)13(20)12(18)15(19)22-14/h4-6H,1-3H3,(H2,20,22)(H,23,24). The first-order valence-electron chi connectivity index (χ1n) is 7.27. The highest BCUT2D eigenvalue weighted by atomic mass is 35.5. The summed E-state index contributed by atoms with van der Waals surface area (Å²) in [7, 11) is 4.49. The van der Waals surface area contributed by atoms with Gasteiger partial charge < -0.3 is 19.9 Å². The van der Waals surface area contributed by atoms with Gasteiger partial charge in [0.2, 0.25) is 0 Å². The third-order valence-electron chi connectivity index (χ3n) is 3.39. The van der Waals surface area contributed by atoms with Crippen molar-refractivity contribution < 1.29 is 19.0 Å². The minimum atomic E-state index is -0.721. The molecular weight excluding hydrogens is 419 g/mol. The van der Waals surface area contributed by atoms with Gasteiger partial charge in [-0.05, 0) is 6.07 Å². The fraction of sp³-hybridized carbons (Fsp3) is 0.188. The van der Waals surface area contributed by atoms with Gasteiger partial charge in [0, 0.05) is 11.6 Å². The number of aromatic nitrogens is 1. The molecule has 1 heterocycles. The summed E-state index contributed by atoms with van der Waals surface area (Å²) in [6.07, 6.45) is 1.35. The molecule has 1 aromatic heterocycles. The quantitative estimate of drug-likeness (QED) is 0.410. The Balaban J connectivity index is 2.27. The van der Waals surface area contributed by atoms with Crippen molar-refractivity contribution in [1.82, 2.24) is 10.4 Å². The molecule has 11 heteroatoms. The van der Waals surface area contributed by atoms with Gasteiger partial charge in [0.15, 0.2) is 22.3 Å². The number of nitrogens with zero attached hydrogens (tertiary/aromatic N) is 2. The van der Waals surface area contributed by atoms with Crippen LogP contribution < -0.4 is 25.4 Å². The number of rotatable bonds is 6. The van der Waals surface area contributed by atoms with Crippen molar-refractivity contribution in [3.05, 3.63) is 38.6 Å². The van der Waals surface area contributed by atoms with Gasteiger partial charge >= 0.3 is 0 Å². The molecule has 0 saturated carbocycles. The van der Waals surface area contributed by atoms with Crippen molar-refractivity contribution in [3.8, 4) is 17.2 Å². The van der Waals surface area contributed by atoms with Gasteiger partial charge in [0.05, 0.1) is 38.3 Å². The number of halogens is 3. The second-order valence-electron chi connectivity index (χ2n) is 4.94. The first kappa shape index (κ1) is 20.9. The highest BCUT2D eigenvalue weighted by Gasteiger charge is 2.19. The number of ether oxygens (including phenoxy) is 3. The molecule has 0 unspecified atom stereocenters. The average Bonchev–Trinajstić information content (AvgIpc) is 2.68. The predicted octanol–water partition coefficient (Wildman–Crippen LogP) is 3.41. The van der Waals surface area contributed by atoms with Crippen molar-refractivity contribution in [2.24, 2.45) is 5.10 Å². The van der Waals surface area contributed by atoms with Crippen molar-refractivity contribution in [1.29, 1.82) is 0 Å². The Labute approximate surface area is 170 Å². The monoisotopic (exact) mass is 432 g/mol. The molecule has 0 spiro atoms. The van der Waals surface area contributed by atoms with Gasteiger partial charge in [0.25, 0.3) is 5.91 Å². The van der Waals surface area contributed by atoms with Crippen LogP contribution in [-0.4, -0.2) is 38.4 Å². The van der Waals surface area contributed by atoms with Crippen LogP contribution in [0.15, 0.2) is 17.2 Å². The van der Waals surface area contributed by atoms with E-state index in [0.29, 0.717) is 22.8 Å². The number of carbonyl (C=O) groups is 1. The summed E-state index contributed by atoms with van der Waals surface area (Å²) in [5.74, 6) is 0.687. The fourth-order valence-corrected chi connectivity index (χ4v) is 2.64. The number of nitrogens with two attached hydrogens (primary N) is 1. The maximum absolute atomic E-state index is 12.2. The van der Waals surface area contributed by atoms with Crippen LogP contribution in [0.2, 0.25) is 15.2 Å². The first-order valence-corrected chi connectivity index (χ1v) is 8.40. The van der Waals surface area contributed by atoms with E-state index in [1.54, 1.807) is 12.1 Å². The molecule has 0 aliphatic heterocycles. The molecule has 0 aliphatic rings. The molecule has 8 nitrogen and oxygen atoms in total. The molecule has 1 amide bonds. The van der Waals surface area contributed by atoms with Crippen LogP contribution in [0.4, 0.5) is 5.69 Å². The fourth-order valence-electron chi connectivity index (χ4n) is 2.05. The molecule has 144 valence electrons. The number of hydrogen-bond acceptors (Lipinski definition) is 7. The predicted molar refractivity (Wildman–Crippen MR) is 105 cm³/mol. The minimum absolute atomic E-state index is 0.0308. The Kier molecular flexibility index (Phi) is 6.95. The number of anilines is 1. The summed E-state index contributed by atoms with van der Waals surface area (Å²) in [5.41, 5.74) is 8.24. The molecule has 2 rings (SSSR count). The van der Waals surface area contributed by atoms with Crippen LogP contribution in [0, 0.1) is 0 Å². The summed E-state index contributed by atoms with van der Waals surface area (Å²) in [4.78, 5) is 16.1. The van der Waals surface area contributed by atoms with E-state index < -0.39 is 5.91 Å². The van der Waals surface area contributed by atoms with Gasteiger partial charge in [-0.15, -0.1) is 0 Å². The molecular formula is C16H15Cl3N4O4. The molecule has 2 aromatic rings. The smallest absolute Gasteiger partial charge is 0.291 e. The van der Waals surface area contributed by atoms with E-state index in [1.807, 2.05) is 0 Å². The lowest BCUT2D eigenvalue weighted by atomic mass is 10.2. The van der Waals surface area contributed by atoms with Crippen molar-refractivity contribution >= 4 is 52.6 Å². The van der Waals surface area contributed by atoms with Crippen molar-refractivity contribution in [3.63, 3.8) is 0 Å². The Morgan fingerprint density at radius 3 is 2.26 bits per heavy atom. The lowest BCUT2D eigenvalue weighted by Gasteiger charge is -2.11. The maximum atomic E-state index is 12.2. The van der Waals surface area contributed by atoms with Crippen LogP contribution in [0.3, 0.4) is 0 Å². The average molecular weight is 434 g/mol. The summed E-state index contributed by atoms with van der Waals surface area (Å²) < 4.78 is 15.7. The van der Waals surface area contributed by atoms with E-state index in [0.717, 1.165) is 0 Å². The second kappa shape index (κ2) is 8.98. The number of benzene rings is 1. The largest absolute Gasteiger partial charge is 0.496 e. The lowest BCUT2D eigenvalue weighted by Crippen LogP contribution is -2.20. The Morgan fingerprint density at radius 2 is 1.67 bits per heavy atom. The Bertz CT molecular complexity index is 906. The SMILES string of the molecule is COc1cc(OC)c(OC)cc1C=NNC(=O)c1nc(Cl)c(Cl)c(N)c1Cl. The molecule has 0 saturated heterocycles. The molecule has 0 bridgehead atoms. The summed E-state index contributed by atoms with van der Waals surface area (Å²) in [6, 6.07) is 3.26. The number of hydrogen-bond donors (Lipinski definition) is 2. The molecule has 0 fully saturated rings. The zero-order valence-electron chi connectivity index (χ0n) is 14.5. The van der Waals surface area contributed by atoms with E-state index in [2.05, 4.69) is 15.5 Å². The van der Waals surface area contributed by atoms with E-state index in [9.17, 15) is 4.79 Å². The van der Waals surface area contributed by atoms with Crippen LogP contribution in [-0.2, 0) is 0 Å². The molecule has 3 N–H and O–H groups in total. The number of hydrazone groups is 1. The Morgan fingerprint density at radius 1 is 1.07 bits per heavy atom. The zero-order chi connectivity index (χ0) is 20.1. The van der Waals surface area contributed by atoms with Crippen LogP contribution in [0.5, 0.6) is 17.2 Å². The number of nitrogens with one attached hydrogen (secondary N) is 1. The number of carbonyl (C=O) groups excluding carboxylic acids is 1. The van der Waals surface area contributed by atoms with Crippen LogP contribution in [0.1, 0.15) is 16.1 Å². The third-order valence-corrected chi connectivity index (χ3v) is 4.53. The maximum Gasteiger partial charge on any atom is 0.291 e. The molecule has 0 aliphatic carbocycles. The van der Waals surface area contributed by atoms with Crippen molar-refractivity contribution in [2.45, 2.75) is 0 Å². The lowest BCUT2D eigenvalue weighted by molar-refractivity contribution is 0.0950. The number of methoxy groups -OCH3 is 3. The van der Waals surface area contributed by atoms with E-state index in [4.69, 9.17) is 54.7 Å². The van der Waals surface area contributed by atoms with Gasteiger partial charge in [-0.1, -0.05) is 34.8 Å². The third kappa shape index (κ3) is 4.47. The van der Waals surface area contributed by atoms with E-state index in [1.165, 1.54) is 27.5 Å². The van der Waals surface area contributed by atoms with E-state index in [-0.39, 0.29) is 26.6 Å². The van der Waals surface area contributed by atoms with E-state index >= 15 is 0 Å². The number of amides is 1. The van der Waals surface area contributed by atoms with Gasteiger partial charge in [-0.25, -0.2) is 10.4 Å². The first-order chi connectivity index (χ1) is 12.8. The van der Waals surface area contributed by atoms with Crippen molar-refractivity contribution in [2.75, 3.05) is 27.1 Å². The zero-order valence-corrected chi connectivity index (χ0v) is 16.7. The topological polar surface area (TPSA) is 108 Å². The number of pyridine rings is 1. The highest BCUT2D eigenvalue weighted by molar-refractivity contribution is 6.46. The minimum Gasteiger partial charge on any atom is -0.496 e. The van der Waals surface area contributed by atoms with Gasteiger partial charge in [-0.3, -0.25) is 4.79 Å². The number of nitrogen functional groups attached to an aromatic ring is 1. The van der Waals surface area contributed by atoms with Gasteiger partial charge in [-0.2, -0.15) is 5.10 Å². The molecule has 1 aromatic carbocycles. The normalized spacial score (nSPS) is 10.7. The summed E-state index contributed by atoms with van der Waals surface area (Å²) >= 11 is 17.6. The van der Waals surface area contributed by atoms with Gasteiger partial charge in [0.1, 0.15) is 10.8 Å². The Hall–Kier alpha value is -2.42. The molecule has 0 atom stereocenters. The van der Waals surface area contributed by atoms with Crippen LogP contribution in [0.25, 0.3) is 0 Å². The molecule has 27 heavy (non-hydrogen) atoms. The summed E-state index contributed by atoms with van der Waals surface area (Å²) in [5, 5.41) is 3.56. The second-order valence-corrected chi connectivity index (χ2v) is 6.06. The summed E-state index contributed by atoms with van der Waals surface area (Å²) in [6.45, 7) is 0. The highest BCUT2D eigenvalue weighted by Crippen LogP contribution is 2.35. The van der Waals surface area contributed by atoms with Crippen LogP contribution >= 0.6 is 34.8 Å².